The first-order valence-electron chi connectivity index (χ1n) is 12.0. The zero-order valence-corrected chi connectivity index (χ0v) is 22.3. The SMILES string of the molecule is CCCC(C)NC(=O)C(c1ccccc1)N(C(=O)C(CC(N)=O)NC(=O)OC(C)(C)C)C(C)(C)C. The van der Waals surface area contributed by atoms with E-state index in [1.807, 2.05) is 19.9 Å². The smallest absolute Gasteiger partial charge is 0.408 e. The van der Waals surface area contributed by atoms with Crippen molar-refractivity contribution in [3.05, 3.63) is 35.9 Å². The molecule has 196 valence electrons. The minimum absolute atomic E-state index is 0.100. The van der Waals surface area contributed by atoms with Crippen LogP contribution in [0.5, 0.6) is 0 Å². The summed E-state index contributed by atoms with van der Waals surface area (Å²) in [7, 11) is 0. The molecule has 9 nitrogen and oxygen atoms in total. The molecule has 3 unspecified atom stereocenters. The monoisotopic (exact) mass is 490 g/mol. The fraction of sp³-hybridized carbons (Fsp3) is 0.615. The Hall–Kier alpha value is -3.10. The number of nitrogens with one attached hydrogen (secondary N) is 2. The van der Waals surface area contributed by atoms with Crippen molar-refractivity contribution in [1.29, 1.82) is 0 Å². The third kappa shape index (κ3) is 9.96. The second kappa shape index (κ2) is 12.6. The fourth-order valence-corrected chi connectivity index (χ4v) is 3.74. The Bertz CT molecular complexity index is 874. The maximum absolute atomic E-state index is 13.9. The zero-order valence-electron chi connectivity index (χ0n) is 22.3. The number of hydrogen-bond donors (Lipinski definition) is 3. The number of primary amides is 1. The molecule has 0 fully saturated rings. The van der Waals surface area contributed by atoms with Gasteiger partial charge < -0.3 is 26.0 Å². The lowest BCUT2D eigenvalue weighted by molar-refractivity contribution is -0.149. The van der Waals surface area contributed by atoms with Crippen LogP contribution in [0.4, 0.5) is 4.79 Å². The number of rotatable bonds is 10. The van der Waals surface area contributed by atoms with Gasteiger partial charge in [0.15, 0.2) is 0 Å². The zero-order chi connectivity index (χ0) is 27.0. The van der Waals surface area contributed by atoms with Gasteiger partial charge in [0.05, 0.1) is 6.42 Å². The Labute approximate surface area is 209 Å². The van der Waals surface area contributed by atoms with Gasteiger partial charge in [0.1, 0.15) is 17.7 Å². The van der Waals surface area contributed by atoms with Crippen molar-refractivity contribution >= 4 is 23.8 Å². The normalized spacial score (nSPS) is 14.3. The molecule has 9 heteroatoms. The minimum Gasteiger partial charge on any atom is -0.444 e. The molecule has 35 heavy (non-hydrogen) atoms. The van der Waals surface area contributed by atoms with Crippen LogP contribution in [0.3, 0.4) is 0 Å². The molecule has 0 saturated heterocycles. The maximum Gasteiger partial charge on any atom is 0.408 e. The second-order valence-electron chi connectivity index (χ2n) is 10.8. The van der Waals surface area contributed by atoms with Gasteiger partial charge in [-0.05, 0) is 60.5 Å². The van der Waals surface area contributed by atoms with E-state index in [-0.39, 0.29) is 11.9 Å². The molecule has 0 heterocycles. The van der Waals surface area contributed by atoms with Gasteiger partial charge in [0.25, 0.3) is 0 Å². The standard InChI is InChI=1S/C26H42N4O5/c1-9-13-17(2)28-22(32)21(18-14-11-10-12-15-18)30(25(3,4)5)23(33)19(16-20(27)31)29-24(34)35-26(6,7)8/h10-12,14-15,17,19,21H,9,13,16H2,1-8H3,(H2,27,31)(H,28,32)(H,29,34). The third-order valence-corrected chi connectivity index (χ3v) is 5.09. The number of ether oxygens (including phenoxy) is 1. The van der Waals surface area contributed by atoms with Crippen LogP contribution < -0.4 is 16.4 Å². The van der Waals surface area contributed by atoms with E-state index in [0.717, 1.165) is 12.8 Å². The quantitative estimate of drug-likeness (QED) is 0.462. The Balaban J connectivity index is 3.50. The maximum atomic E-state index is 13.9. The van der Waals surface area contributed by atoms with Gasteiger partial charge in [-0.15, -0.1) is 0 Å². The third-order valence-electron chi connectivity index (χ3n) is 5.09. The number of alkyl carbamates (subject to hydrolysis) is 1. The molecule has 1 aromatic rings. The van der Waals surface area contributed by atoms with Crippen molar-refractivity contribution in [2.75, 3.05) is 0 Å². The van der Waals surface area contributed by atoms with E-state index >= 15 is 0 Å². The van der Waals surface area contributed by atoms with Crippen LogP contribution in [0.1, 0.15) is 86.3 Å². The van der Waals surface area contributed by atoms with Crippen molar-refractivity contribution in [2.24, 2.45) is 5.73 Å². The second-order valence-corrected chi connectivity index (χ2v) is 10.8. The van der Waals surface area contributed by atoms with Crippen molar-refractivity contribution in [1.82, 2.24) is 15.5 Å². The average Bonchev–Trinajstić information content (AvgIpc) is 2.69. The molecule has 4 N–H and O–H groups in total. The van der Waals surface area contributed by atoms with Gasteiger partial charge in [-0.2, -0.15) is 0 Å². The van der Waals surface area contributed by atoms with Crippen LogP contribution in [-0.2, 0) is 19.1 Å². The average molecular weight is 491 g/mol. The van der Waals surface area contributed by atoms with E-state index in [0.29, 0.717) is 5.56 Å². The lowest BCUT2D eigenvalue weighted by Crippen LogP contribution is -2.59. The first kappa shape index (κ1) is 29.9. The summed E-state index contributed by atoms with van der Waals surface area (Å²) in [4.78, 5) is 53.2. The topological polar surface area (TPSA) is 131 Å². The highest BCUT2D eigenvalue weighted by Crippen LogP contribution is 2.30. The first-order chi connectivity index (χ1) is 16.1. The predicted octanol–water partition coefficient (Wildman–Crippen LogP) is 3.43. The van der Waals surface area contributed by atoms with Crippen molar-refractivity contribution in [3.63, 3.8) is 0 Å². The highest BCUT2D eigenvalue weighted by molar-refractivity contribution is 5.95. The molecule has 0 bridgehead atoms. The number of amides is 4. The van der Waals surface area contributed by atoms with Crippen molar-refractivity contribution in [3.8, 4) is 0 Å². The largest absolute Gasteiger partial charge is 0.444 e. The summed E-state index contributed by atoms with van der Waals surface area (Å²) in [6, 6.07) is 6.52. The van der Waals surface area contributed by atoms with E-state index in [1.54, 1.807) is 65.8 Å². The molecule has 0 aromatic heterocycles. The molecule has 4 amide bonds. The van der Waals surface area contributed by atoms with Crippen molar-refractivity contribution < 1.29 is 23.9 Å². The molecule has 0 saturated carbocycles. The van der Waals surface area contributed by atoms with E-state index in [1.165, 1.54) is 4.90 Å². The molecule has 0 spiro atoms. The van der Waals surface area contributed by atoms with Crippen LogP contribution in [-0.4, -0.2) is 51.9 Å². The highest BCUT2D eigenvalue weighted by atomic mass is 16.6. The number of hydrogen-bond acceptors (Lipinski definition) is 5. The van der Waals surface area contributed by atoms with E-state index < -0.39 is 47.6 Å². The van der Waals surface area contributed by atoms with Crippen LogP contribution >= 0.6 is 0 Å². The lowest BCUT2D eigenvalue weighted by atomic mass is 9.94. The Morgan fingerprint density at radius 1 is 1.00 bits per heavy atom. The molecular weight excluding hydrogens is 448 g/mol. The number of benzene rings is 1. The predicted molar refractivity (Wildman–Crippen MR) is 135 cm³/mol. The van der Waals surface area contributed by atoms with Gasteiger partial charge in [-0.3, -0.25) is 14.4 Å². The molecule has 0 radical (unpaired) electrons. The molecular formula is C26H42N4O5. The summed E-state index contributed by atoms with van der Waals surface area (Å²) in [6.07, 6.45) is 0.365. The summed E-state index contributed by atoms with van der Waals surface area (Å²) in [5.74, 6) is -1.74. The van der Waals surface area contributed by atoms with E-state index in [9.17, 15) is 19.2 Å². The van der Waals surface area contributed by atoms with Crippen LogP contribution in [0.25, 0.3) is 0 Å². The first-order valence-corrected chi connectivity index (χ1v) is 12.0. The minimum atomic E-state index is -1.31. The molecule has 3 atom stereocenters. The van der Waals surface area contributed by atoms with E-state index in [4.69, 9.17) is 10.5 Å². The molecule has 1 aromatic carbocycles. The van der Waals surface area contributed by atoms with Crippen molar-refractivity contribution in [2.45, 2.75) is 104 Å². The summed E-state index contributed by atoms with van der Waals surface area (Å²) >= 11 is 0. The van der Waals surface area contributed by atoms with Gasteiger partial charge >= 0.3 is 6.09 Å². The number of carbonyl (C=O) groups excluding carboxylic acids is 4. The molecule has 0 aliphatic heterocycles. The fourth-order valence-electron chi connectivity index (χ4n) is 3.74. The summed E-state index contributed by atoms with van der Waals surface area (Å²) < 4.78 is 5.29. The van der Waals surface area contributed by atoms with E-state index in [2.05, 4.69) is 10.6 Å². The summed E-state index contributed by atoms with van der Waals surface area (Å²) in [5.41, 5.74) is 4.35. The van der Waals surface area contributed by atoms with Gasteiger partial charge in [0, 0.05) is 11.6 Å². The lowest BCUT2D eigenvalue weighted by Gasteiger charge is -2.43. The molecule has 0 aliphatic rings. The number of nitrogens with two attached hydrogens (primary N) is 1. The number of nitrogens with zero attached hydrogens (tertiary/aromatic N) is 1. The summed E-state index contributed by atoms with van der Waals surface area (Å²) in [5, 5.41) is 5.48. The van der Waals surface area contributed by atoms with Crippen LogP contribution in [0.2, 0.25) is 0 Å². The Morgan fingerprint density at radius 2 is 1.57 bits per heavy atom. The molecule has 1 rings (SSSR count). The Morgan fingerprint density at radius 3 is 2.03 bits per heavy atom. The van der Waals surface area contributed by atoms with Crippen LogP contribution in [0.15, 0.2) is 30.3 Å². The number of carbonyl (C=O) groups is 4. The van der Waals surface area contributed by atoms with Gasteiger partial charge in [-0.1, -0.05) is 43.7 Å². The highest BCUT2D eigenvalue weighted by Gasteiger charge is 2.42. The van der Waals surface area contributed by atoms with Gasteiger partial charge in [0.2, 0.25) is 17.7 Å². The molecule has 0 aliphatic carbocycles. The Kier molecular flexibility index (Phi) is 10.7. The van der Waals surface area contributed by atoms with Crippen LogP contribution in [0, 0.1) is 0 Å². The van der Waals surface area contributed by atoms with Gasteiger partial charge in [-0.25, -0.2) is 4.79 Å². The summed E-state index contributed by atoms with van der Waals surface area (Å²) in [6.45, 7) is 14.4.